The van der Waals surface area contributed by atoms with E-state index in [1.54, 1.807) is 0 Å². The third-order valence-corrected chi connectivity index (χ3v) is 2.33. The molecule has 1 aromatic rings. The van der Waals surface area contributed by atoms with Gasteiger partial charge in [-0.2, -0.15) is 0 Å². The van der Waals surface area contributed by atoms with E-state index in [0.717, 1.165) is 35.7 Å². The molecular weight excluding hydrogens is 212 g/mol. The minimum atomic E-state index is 0.353. The number of rotatable bonds is 4. The summed E-state index contributed by atoms with van der Waals surface area (Å²) in [7, 11) is 0. The first-order valence-electron chi connectivity index (χ1n) is 6.44. The Balaban J connectivity index is 0.00000121. The zero-order chi connectivity index (χ0) is 13.4. The van der Waals surface area contributed by atoms with Gasteiger partial charge in [-0.1, -0.05) is 41.0 Å². The Labute approximate surface area is 105 Å². The van der Waals surface area contributed by atoms with Gasteiger partial charge in [-0.3, -0.25) is 5.84 Å². The number of aryl methyl sites for hydroxylation is 2. The van der Waals surface area contributed by atoms with E-state index in [1.807, 2.05) is 20.8 Å². The monoisotopic (exact) mass is 238 g/mol. The summed E-state index contributed by atoms with van der Waals surface area (Å²) >= 11 is 0. The SMILES string of the molecule is CC.CCCc1nc(C(C)C)nc(C)c1NN. The first kappa shape index (κ1) is 15.8. The smallest absolute Gasteiger partial charge is 0.131 e. The van der Waals surface area contributed by atoms with E-state index in [1.165, 1.54) is 0 Å². The van der Waals surface area contributed by atoms with E-state index in [0.29, 0.717) is 5.92 Å². The van der Waals surface area contributed by atoms with Gasteiger partial charge in [0.25, 0.3) is 0 Å². The Bertz CT molecular complexity index is 334. The number of aromatic nitrogens is 2. The molecule has 1 aromatic heterocycles. The Kier molecular flexibility index (Phi) is 7.46. The van der Waals surface area contributed by atoms with Crippen LogP contribution in [0.25, 0.3) is 0 Å². The summed E-state index contributed by atoms with van der Waals surface area (Å²) in [4.78, 5) is 8.97. The van der Waals surface area contributed by atoms with Gasteiger partial charge in [-0.15, -0.1) is 0 Å². The van der Waals surface area contributed by atoms with Crippen LogP contribution in [0.4, 0.5) is 5.69 Å². The van der Waals surface area contributed by atoms with Crippen LogP contribution in [0.2, 0.25) is 0 Å². The molecule has 0 aliphatic rings. The van der Waals surface area contributed by atoms with Crippen LogP contribution in [0, 0.1) is 6.92 Å². The van der Waals surface area contributed by atoms with Crippen LogP contribution in [-0.4, -0.2) is 9.97 Å². The molecule has 0 unspecified atom stereocenters. The quantitative estimate of drug-likeness (QED) is 0.624. The number of hydrogen-bond donors (Lipinski definition) is 2. The number of nitrogens with zero attached hydrogens (tertiary/aromatic N) is 2. The van der Waals surface area contributed by atoms with E-state index in [2.05, 4.69) is 36.2 Å². The largest absolute Gasteiger partial charge is 0.321 e. The molecule has 0 aromatic carbocycles. The molecular formula is C13H26N4. The molecule has 0 saturated carbocycles. The molecule has 0 bridgehead atoms. The van der Waals surface area contributed by atoms with Crippen molar-refractivity contribution < 1.29 is 0 Å². The van der Waals surface area contributed by atoms with E-state index in [-0.39, 0.29) is 0 Å². The first-order valence-corrected chi connectivity index (χ1v) is 6.44. The first-order chi connectivity index (χ1) is 8.10. The van der Waals surface area contributed by atoms with Gasteiger partial charge in [-0.05, 0) is 13.3 Å². The third kappa shape index (κ3) is 4.30. The standard InChI is InChI=1S/C11H20N4.C2H6/c1-5-6-9-10(15-12)8(4)13-11(14-9)7(2)3;1-2/h7,15H,5-6,12H2,1-4H3;1-2H3. The highest BCUT2D eigenvalue weighted by Crippen LogP contribution is 2.20. The van der Waals surface area contributed by atoms with Gasteiger partial charge in [0.2, 0.25) is 0 Å². The van der Waals surface area contributed by atoms with E-state index in [9.17, 15) is 0 Å². The van der Waals surface area contributed by atoms with Crippen LogP contribution in [0.15, 0.2) is 0 Å². The summed E-state index contributed by atoms with van der Waals surface area (Å²) in [6.07, 6.45) is 1.99. The molecule has 0 fully saturated rings. The van der Waals surface area contributed by atoms with Crippen molar-refractivity contribution in [2.24, 2.45) is 5.84 Å². The maximum atomic E-state index is 5.48. The number of nitrogen functional groups attached to an aromatic ring is 1. The van der Waals surface area contributed by atoms with Crippen LogP contribution in [0.1, 0.15) is 64.2 Å². The number of hydrogen-bond acceptors (Lipinski definition) is 4. The molecule has 0 saturated heterocycles. The second-order valence-corrected chi connectivity index (χ2v) is 4.04. The molecule has 4 nitrogen and oxygen atoms in total. The van der Waals surface area contributed by atoms with Crippen molar-refractivity contribution in [3.8, 4) is 0 Å². The summed E-state index contributed by atoms with van der Waals surface area (Å²) < 4.78 is 0. The Hall–Kier alpha value is -1.16. The van der Waals surface area contributed by atoms with Crippen molar-refractivity contribution in [2.45, 2.75) is 60.3 Å². The normalized spacial score (nSPS) is 9.88. The number of anilines is 1. The van der Waals surface area contributed by atoms with Crippen LogP contribution in [0.5, 0.6) is 0 Å². The fraction of sp³-hybridized carbons (Fsp3) is 0.692. The van der Waals surface area contributed by atoms with Gasteiger partial charge in [-0.25, -0.2) is 9.97 Å². The average molecular weight is 238 g/mol. The number of nitrogens with one attached hydrogen (secondary N) is 1. The highest BCUT2D eigenvalue weighted by molar-refractivity contribution is 5.51. The molecule has 0 radical (unpaired) electrons. The molecule has 0 atom stereocenters. The lowest BCUT2D eigenvalue weighted by molar-refractivity contribution is 0.741. The predicted molar refractivity (Wildman–Crippen MR) is 74.0 cm³/mol. The van der Waals surface area contributed by atoms with Crippen LogP contribution in [-0.2, 0) is 6.42 Å². The second kappa shape index (κ2) is 8.01. The average Bonchev–Trinajstić information content (AvgIpc) is 2.31. The molecule has 1 rings (SSSR count). The molecule has 4 heteroatoms. The van der Waals surface area contributed by atoms with Gasteiger partial charge in [0, 0.05) is 5.92 Å². The lowest BCUT2D eigenvalue weighted by atomic mass is 10.1. The summed E-state index contributed by atoms with van der Waals surface area (Å²) in [5.41, 5.74) is 5.52. The van der Waals surface area contributed by atoms with E-state index in [4.69, 9.17) is 5.84 Å². The fourth-order valence-electron chi connectivity index (χ4n) is 1.52. The molecule has 1 heterocycles. The molecule has 3 N–H and O–H groups in total. The highest BCUT2D eigenvalue weighted by atomic mass is 15.2. The lowest BCUT2D eigenvalue weighted by Gasteiger charge is -2.13. The minimum Gasteiger partial charge on any atom is -0.321 e. The Morgan fingerprint density at radius 1 is 1.24 bits per heavy atom. The molecule has 0 amide bonds. The van der Waals surface area contributed by atoms with Gasteiger partial charge in [0.1, 0.15) is 5.82 Å². The van der Waals surface area contributed by atoms with E-state index < -0.39 is 0 Å². The number of nitrogens with two attached hydrogens (primary N) is 1. The van der Waals surface area contributed by atoms with Crippen molar-refractivity contribution in [3.63, 3.8) is 0 Å². The van der Waals surface area contributed by atoms with Crippen molar-refractivity contribution in [3.05, 3.63) is 17.2 Å². The van der Waals surface area contributed by atoms with Crippen LogP contribution >= 0.6 is 0 Å². The van der Waals surface area contributed by atoms with Gasteiger partial charge < -0.3 is 5.43 Å². The van der Waals surface area contributed by atoms with Gasteiger partial charge >= 0.3 is 0 Å². The van der Waals surface area contributed by atoms with Crippen LogP contribution < -0.4 is 11.3 Å². The van der Waals surface area contributed by atoms with Gasteiger partial charge in [0.05, 0.1) is 17.1 Å². The predicted octanol–water partition coefficient (Wildman–Crippen LogP) is 3.17. The molecule has 17 heavy (non-hydrogen) atoms. The number of hydrazine groups is 1. The third-order valence-electron chi connectivity index (χ3n) is 2.33. The van der Waals surface area contributed by atoms with Crippen molar-refractivity contribution in [1.29, 1.82) is 0 Å². The lowest BCUT2D eigenvalue weighted by Crippen LogP contribution is -2.15. The molecule has 0 spiro atoms. The fourth-order valence-corrected chi connectivity index (χ4v) is 1.52. The zero-order valence-corrected chi connectivity index (χ0v) is 12.0. The minimum absolute atomic E-state index is 0.353. The molecule has 98 valence electrons. The molecule has 0 aliphatic carbocycles. The Morgan fingerprint density at radius 3 is 2.24 bits per heavy atom. The highest BCUT2D eigenvalue weighted by Gasteiger charge is 2.11. The van der Waals surface area contributed by atoms with Crippen molar-refractivity contribution in [1.82, 2.24) is 9.97 Å². The Morgan fingerprint density at radius 2 is 1.82 bits per heavy atom. The second-order valence-electron chi connectivity index (χ2n) is 4.04. The molecule has 0 aliphatic heterocycles. The van der Waals surface area contributed by atoms with Crippen molar-refractivity contribution >= 4 is 5.69 Å². The summed E-state index contributed by atoms with van der Waals surface area (Å²) in [5.74, 6) is 6.73. The summed E-state index contributed by atoms with van der Waals surface area (Å²) in [5, 5.41) is 0. The van der Waals surface area contributed by atoms with E-state index >= 15 is 0 Å². The summed E-state index contributed by atoms with van der Waals surface area (Å²) in [6, 6.07) is 0. The maximum absolute atomic E-state index is 5.48. The maximum Gasteiger partial charge on any atom is 0.131 e. The van der Waals surface area contributed by atoms with Crippen LogP contribution in [0.3, 0.4) is 0 Å². The van der Waals surface area contributed by atoms with Crippen molar-refractivity contribution in [2.75, 3.05) is 5.43 Å². The van der Waals surface area contributed by atoms with Gasteiger partial charge in [0.15, 0.2) is 0 Å². The summed E-state index contributed by atoms with van der Waals surface area (Å²) in [6.45, 7) is 12.3. The topological polar surface area (TPSA) is 63.8 Å². The zero-order valence-electron chi connectivity index (χ0n) is 12.0.